The molecule has 1 N–H and O–H groups in total. The summed E-state index contributed by atoms with van der Waals surface area (Å²) in [5.41, 5.74) is 1.06. The van der Waals surface area contributed by atoms with E-state index >= 15 is 0 Å². The maximum atomic E-state index is 5.35. The quantitative estimate of drug-likeness (QED) is 0.847. The van der Waals surface area contributed by atoms with E-state index in [-0.39, 0.29) is 0 Å². The highest BCUT2D eigenvalue weighted by Gasteiger charge is 2.24. The van der Waals surface area contributed by atoms with E-state index in [2.05, 4.69) is 10.3 Å². The molecular weight excluding hydrogens is 204 g/mol. The number of methoxy groups -OCH3 is 2. The lowest BCUT2D eigenvalue weighted by Crippen LogP contribution is -2.17. The van der Waals surface area contributed by atoms with Crippen molar-refractivity contribution in [2.45, 2.75) is 31.4 Å². The number of nitrogens with one attached hydrogen (secondary N) is 1. The van der Waals surface area contributed by atoms with Crippen molar-refractivity contribution in [3.8, 4) is 5.88 Å². The minimum Gasteiger partial charge on any atom is -0.481 e. The van der Waals surface area contributed by atoms with Crippen LogP contribution >= 0.6 is 0 Å². The molecule has 2 atom stereocenters. The molecule has 1 heterocycles. The topological polar surface area (TPSA) is 43.4 Å². The molecule has 0 amide bonds. The van der Waals surface area contributed by atoms with Crippen LogP contribution in [0.3, 0.4) is 0 Å². The zero-order valence-electron chi connectivity index (χ0n) is 9.77. The molecular formula is C12H18N2O2. The van der Waals surface area contributed by atoms with E-state index in [0.717, 1.165) is 24.9 Å². The molecule has 1 fully saturated rings. The summed E-state index contributed by atoms with van der Waals surface area (Å²) in [5, 5.41) is 3.48. The molecule has 1 aromatic rings. The Morgan fingerprint density at radius 3 is 2.94 bits per heavy atom. The fourth-order valence-corrected chi connectivity index (χ4v) is 2.13. The first-order chi connectivity index (χ1) is 7.81. The highest BCUT2D eigenvalue weighted by molar-refractivity contribution is 5.46. The van der Waals surface area contributed by atoms with Crippen LogP contribution in [-0.4, -0.2) is 31.3 Å². The average Bonchev–Trinajstić information content (AvgIpc) is 2.77. The van der Waals surface area contributed by atoms with Crippen LogP contribution in [0.2, 0.25) is 0 Å². The number of ether oxygens (including phenoxy) is 2. The smallest absolute Gasteiger partial charge is 0.214 e. The van der Waals surface area contributed by atoms with Crippen LogP contribution in [0.4, 0.5) is 5.69 Å². The van der Waals surface area contributed by atoms with Crippen LogP contribution in [0.5, 0.6) is 5.88 Å². The SMILES string of the molecule is COc1cc(NC2CCC(OC)C2)ccn1. The van der Waals surface area contributed by atoms with Gasteiger partial charge in [-0.25, -0.2) is 4.98 Å². The van der Waals surface area contributed by atoms with Crippen molar-refractivity contribution in [2.75, 3.05) is 19.5 Å². The van der Waals surface area contributed by atoms with Crippen molar-refractivity contribution in [1.82, 2.24) is 4.98 Å². The van der Waals surface area contributed by atoms with Crippen molar-refractivity contribution < 1.29 is 9.47 Å². The highest BCUT2D eigenvalue weighted by Crippen LogP contribution is 2.25. The molecule has 0 radical (unpaired) electrons. The Hall–Kier alpha value is -1.29. The van der Waals surface area contributed by atoms with E-state index < -0.39 is 0 Å². The van der Waals surface area contributed by atoms with Gasteiger partial charge in [0, 0.05) is 31.1 Å². The third kappa shape index (κ3) is 2.64. The molecule has 0 spiro atoms. The Morgan fingerprint density at radius 1 is 1.38 bits per heavy atom. The summed E-state index contributed by atoms with van der Waals surface area (Å²) in [6.07, 6.45) is 5.52. The van der Waals surface area contributed by atoms with E-state index in [4.69, 9.17) is 9.47 Å². The maximum Gasteiger partial charge on any atom is 0.214 e. The van der Waals surface area contributed by atoms with E-state index in [0.29, 0.717) is 18.0 Å². The third-order valence-electron chi connectivity index (χ3n) is 3.03. The van der Waals surface area contributed by atoms with Gasteiger partial charge in [-0.2, -0.15) is 0 Å². The molecule has 2 rings (SSSR count). The molecule has 4 heteroatoms. The van der Waals surface area contributed by atoms with E-state index in [1.807, 2.05) is 12.1 Å². The number of hydrogen-bond donors (Lipinski definition) is 1. The minimum atomic E-state index is 0.404. The summed E-state index contributed by atoms with van der Waals surface area (Å²) >= 11 is 0. The van der Waals surface area contributed by atoms with Gasteiger partial charge in [-0.1, -0.05) is 0 Å². The summed E-state index contributed by atoms with van der Waals surface area (Å²) in [6, 6.07) is 4.38. The summed E-state index contributed by atoms with van der Waals surface area (Å²) in [4.78, 5) is 4.08. The fraction of sp³-hybridized carbons (Fsp3) is 0.583. The average molecular weight is 222 g/mol. The summed E-state index contributed by atoms with van der Waals surface area (Å²) in [6.45, 7) is 0. The van der Waals surface area contributed by atoms with Gasteiger partial charge in [0.1, 0.15) is 0 Å². The van der Waals surface area contributed by atoms with E-state index in [1.165, 1.54) is 0 Å². The molecule has 0 bridgehead atoms. The molecule has 0 saturated heterocycles. The lowest BCUT2D eigenvalue weighted by Gasteiger charge is -2.14. The number of nitrogens with zero attached hydrogens (tertiary/aromatic N) is 1. The van der Waals surface area contributed by atoms with Gasteiger partial charge in [0.15, 0.2) is 0 Å². The van der Waals surface area contributed by atoms with Crippen LogP contribution in [0, 0.1) is 0 Å². The summed E-state index contributed by atoms with van der Waals surface area (Å²) < 4.78 is 10.4. The molecule has 16 heavy (non-hydrogen) atoms. The second-order valence-corrected chi connectivity index (χ2v) is 4.10. The van der Waals surface area contributed by atoms with Gasteiger partial charge >= 0.3 is 0 Å². The second kappa shape index (κ2) is 5.16. The highest BCUT2D eigenvalue weighted by atomic mass is 16.5. The Balaban J connectivity index is 1.94. The maximum absolute atomic E-state index is 5.35. The van der Waals surface area contributed by atoms with Gasteiger partial charge in [-0.3, -0.25) is 0 Å². The predicted molar refractivity (Wildman–Crippen MR) is 62.8 cm³/mol. The number of anilines is 1. The third-order valence-corrected chi connectivity index (χ3v) is 3.03. The van der Waals surface area contributed by atoms with Crippen LogP contribution in [0.15, 0.2) is 18.3 Å². The first-order valence-electron chi connectivity index (χ1n) is 5.61. The fourth-order valence-electron chi connectivity index (χ4n) is 2.13. The van der Waals surface area contributed by atoms with Gasteiger partial charge in [-0.05, 0) is 25.3 Å². The Labute approximate surface area is 96.0 Å². The van der Waals surface area contributed by atoms with Gasteiger partial charge < -0.3 is 14.8 Å². The Morgan fingerprint density at radius 2 is 2.25 bits per heavy atom. The first-order valence-corrected chi connectivity index (χ1v) is 5.61. The van der Waals surface area contributed by atoms with Crippen LogP contribution in [0.1, 0.15) is 19.3 Å². The number of rotatable bonds is 4. The van der Waals surface area contributed by atoms with Gasteiger partial charge in [0.25, 0.3) is 0 Å². The number of pyridine rings is 1. The van der Waals surface area contributed by atoms with Crippen molar-refractivity contribution in [3.05, 3.63) is 18.3 Å². The van der Waals surface area contributed by atoms with E-state index in [9.17, 15) is 0 Å². The molecule has 0 aromatic carbocycles. The lowest BCUT2D eigenvalue weighted by molar-refractivity contribution is 0.108. The van der Waals surface area contributed by atoms with Crippen molar-refractivity contribution in [3.63, 3.8) is 0 Å². The van der Waals surface area contributed by atoms with E-state index in [1.54, 1.807) is 20.4 Å². The molecule has 0 aliphatic heterocycles. The molecule has 1 aromatic heterocycles. The monoisotopic (exact) mass is 222 g/mol. The molecule has 1 aliphatic rings. The molecule has 1 saturated carbocycles. The zero-order valence-corrected chi connectivity index (χ0v) is 9.77. The summed E-state index contributed by atoms with van der Waals surface area (Å²) in [7, 11) is 3.41. The minimum absolute atomic E-state index is 0.404. The van der Waals surface area contributed by atoms with Crippen molar-refractivity contribution in [2.24, 2.45) is 0 Å². The largest absolute Gasteiger partial charge is 0.481 e. The summed E-state index contributed by atoms with van der Waals surface area (Å²) in [5.74, 6) is 0.645. The van der Waals surface area contributed by atoms with Crippen LogP contribution in [0.25, 0.3) is 0 Å². The van der Waals surface area contributed by atoms with Gasteiger partial charge in [0.05, 0.1) is 13.2 Å². The van der Waals surface area contributed by atoms with Crippen molar-refractivity contribution >= 4 is 5.69 Å². The molecule has 4 nitrogen and oxygen atoms in total. The van der Waals surface area contributed by atoms with Crippen LogP contribution < -0.4 is 10.1 Å². The van der Waals surface area contributed by atoms with Crippen molar-refractivity contribution in [1.29, 1.82) is 0 Å². The van der Waals surface area contributed by atoms with Gasteiger partial charge in [-0.15, -0.1) is 0 Å². The molecule has 1 aliphatic carbocycles. The Bertz CT molecular complexity index is 344. The van der Waals surface area contributed by atoms with Crippen LogP contribution in [-0.2, 0) is 4.74 Å². The first kappa shape index (κ1) is 11.2. The zero-order chi connectivity index (χ0) is 11.4. The molecule has 2 unspecified atom stereocenters. The molecule has 88 valence electrons. The number of hydrogen-bond acceptors (Lipinski definition) is 4. The Kier molecular flexibility index (Phi) is 3.62. The lowest BCUT2D eigenvalue weighted by atomic mass is 10.2. The number of aromatic nitrogens is 1. The predicted octanol–water partition coefficient (Wildman–Crippen LogP) is 2.07. The standard InChI is InChI=1S/C12H18N2O2/c1-15-11-4-3-9(7-11)14-10-5-6-13-12(8-10)16-2/h5-6,8-9,11H,3-4,7H2,1-2H3,(H,13,14). The van der Waals surface area contributed by atoms with Gasteiger partial charge in [0.2, 0.25) is 5.88 Å². The second-order valence-electron chi connectivity index (χ2n) is 4.10. The normalized spacial score (nSPS) is 24.4.